The molecule has 7 heteroatoms. The van der Waals surface area contributed by atoms with Crippen LogP contribution in [0.15, 0.2) is 59.5 Å². The number of nitrogens with zero attached hydrogens (tertiary/aromatic N) is 1. The lowest BCUT2D eigenvalue weighted by atomic mass is 10.1. The second kappa shape index (κ2) is 7.29. The lowest BCUT2D eigenvalue weighted by Gasteiger charge is -2.18. The minimum atomic E-state index is -3.58. The minimum Gasteiger partial charge on any atom is -0.481 e. The summed E-state index contributed by atoms with van der Waals surface area (Å²) in [6.45, 7) is 0.503. The van der Waals surface area contributed by atoms with Crippen LogP contribution in [0.25, 0.3) is 0 Å². The number of rotatable bonds is 5. The number of carboxylic acid groups (broad SMARTS) is 1. The van der Waals surface area contributed by atoms with Gasteiger partial charge in [-0.15, -0.1) is 0 Å². The normalized spacial score (nSPS) is 17.2. The third kappa shape index (κ3) is 3.77. The Bertz CT molecular complexity index is 924. The van der Waals surface area contributed by atoms with Gasteiger partial charge in [-0.05, 0) is 30.2 Å². The number of carbonyl (C=O) groups is 2. The van der Waals surface area contributed by atoms with Crippen LogP contribution < -0.4 is 0 Å². The summed E-state index contributed by atoms with van der Waals surface area (Å²) in [5.74, 6) is -2.10. The van der Waals surface area contributed by atoms with Gasteiger partial charge in [-0.1, -0.05) is 36.4 Å². The zero-order valence-electron chi connectivity index (χ0n) is 14.0. The number of benzene rings is 2. The van der Waals surface area contributed by atoms with Crippen LogP contribution in [0.2, 0.25) is 0 Å². The molecule has 1 N–H and O–H groups in total. The first kappa shape index (κ1) is 18.1. The topological polar surface area (TPSA) is 91.8 Å². The Morgan fingerprint density at radius 2 is 1.69 bits per heavy atom. The number of carbonyl (C=O) groups excluding carboxylic acids is 1. The Morgan fingerprint density at radius 3 is 2.35 bits per heavy atom. The van der Waals surface area contributed by atoms with E-state index in [1.165, 1.54) is 17.0 Å². The van der Waals surface area contributed by atoms with Gasteiger partial charge in [-0.25, -0.2) is 8.42 Å². The summed E-state index contributed by atoms with van der Waals surface area (Å²) in [5.41, 5.74) is 0.721. The highest BCUT2D eigenvalue weighted by molar-refractivity contribution is 7.90. The number of likely N-dealkylation sites (tertiary alicyclic amines) is 1. The van der Waals surface area contributed by atoms with Gasteiger partial charge in [0.05, 0.1) is 16.6 Å². The molecule has 26 heavy (non-hydrogen) atoms. The molecular weight excluding hydrogens is 354 g/mol. The molecule has 0 spiro atoms. The van der Waals surface area contributed by atoms with E-state index in [1.54, 1.807) is 42.5 Å². The van der Waals surface area contributed by atoms with E-state index in [2.05, 4.69) is 0 Å². The fraction of sp³-hybridized carbons (Fsp3) is 0.263. The lowest BCUT2D eigenvalue weighted by Crippen LogP contribution is -2.30. The van der Waals surface area contributed by atoms with Crippen molar-refractivity contribution in [1.82, 2.24) is 4.90 Å². The molecule has 6 nitrogen and oxygen atoms in total. The smallest absolute Gasteiger partial charge is 0.308 e. The van der Waals surface area contributed by atoms with Crippen LogP contribution in [0.5, 0.6) is 0 Å². The summed E-state index contributed by atoms with van der Waals surface area (Å²) in [6.07, 6.45) is 0.408. The van der Waals surface area contributed by atoms with Crippen molar-refractivity contribution in [3.8, 4) is 0 Å². The molecule has 1 amide bonds. The molecule has 1 aliphatic heterocycles. The first-order chi connectivity index (χ1) is 12.4. The molecule has 1 aliphatic rings. The van der Waals surface area contributed by atoms with E-state index in [4.69, 9.17) is 5.11 Å². The molecule has 1 atom stereocenters. The van der Waals surface area contributed by atoms with Gasteiger partial charge in [-0.3, -0.25) is 9.59 Å². The molecule has 2 aromatic carbocycles. The Morgan fingerprint density at radius 1 is 1.04 bits per heavy atom. The van der Waals surface area contributed by atoms with E-state index in [9.17, 15) is 18.0 Å². The van der Waals surface area contributed by atoms with Crippen molar-refractivity contribution in [2.24, 2.45) is 5.92 Å². The molecule has 0 saturated carbocycles. The third-order valence-corrected chi connectivity index (χ3v) is 6.20. The largest absolute Gasteiger partial charge is 0.481 e. The maximum absolute atomic E-state index is 12.8. The molecule has 1 unspecified atom stereocenters. The standard InChI is InChI=1S/C19H19NO5S/c21-18(20-11-10-14(12-20)19(22)23)17-9-5-4-6-15(17)13-26(24,25)16-7-2-1-3-8-16/h1-9,14H,10-13H2,(H,22,23). The number of hydrogen-bond donors (Lipinski definition) is 1. The summed E-state index contributed by atoms with van der Waals surface area (Å²) in [7, 11) is -3.58. The number of carboxylic acids is 1. The average molecular weight is 373 g/mol. The monoisotopic (exact) mass is 373 g/mol. The Hall–Kier alpha value is -2.67. The summed E-state index contributed by atoms with van der Waals surface area (Å²) in [6, 6.07) is 14.7. The van der Waals surface area contributed by atoms with Crippen molar-refractivity contribution in [1.29, 1.82) is 0 Å². The van der Waals surface area contributed by atoms with Crippen LogP contribution in [0.4, 0.5) is 0 Å². The molecule has 1 heterocycles. The van der Waals surface area contributed by atoms with Crippen molar-refractivity contribution < 1.29 is 23.1 Å². The molecule has 0 bridgehead atoms. The molecule has 2 aromatic rings. The molecule has 0 radical (unpaired) electrons. The van der Waals surface area contributed by atoms with E-state index >= 15 is 0 Å². The molecular formula is C19H19NO5S. The zero-order chi connectivity index (χ0) is 18.7. The van der Waals surface area contributed by atoms with Gasteiger partial charge in [-0.2, -0.15) is 0 Å². The number of hydrogen-bond acceptors (Lipinski definition) is 4. The van der Waals surface area contributed by atoms with Gasteiger partial charge in [0.1, 0.15) is 0 Å². The average Bonchev–Trinajstić information content (AvgIpc) is 3.12. The van der Waals surface area contributed by atoms with Crippen LogP contribution in [0.1, 0.15) is 22.3 Å². The quantitative estimate of drug-likeness (QED) is 0.868. The Labute approximate surface area is 152 Å². The first-order valence-electron chi connectivity index (χ1n) is 8.26. The van der Waals surface area contributed by atoms with Gasteiger partial charge >= 0.3 is 5.97 Å². The summed E-state index contributed by atoms with van der Waals surface area (Å²) in [4.78, 5) is 25.6. The van der Waals surface area contributed by atoms with Crippen molar-refractivity contribution in [3.05, 3.63) is 65.7 Å². The van der Waals surface area contributed by atoms with Crippen LogP contribution in [-0.2, 0) is 20.4 Å². The summed E-state index contributed by atoms with van der Waals surface area (Å²) in [5, 5.41) is 9.10. The fourth-order valence-corrected chi connectivity index (χ4v) is 4.49. The van der Waals surface area contributed by atoms with Gasteiger partial charge in [0.15, 0.2) is 9.84 Å². The highest BCUT2D eigenvalue weighted by atomic mass is 32.2. The van der Waals surface area contributed by atoms with Crippen LogP contribution in [0, 0.1) is 5.92 Å². The molecule has 1 saturated heterocycles. The van der Waals surface area contributed by atoms with Crippen molar-refractivity contribution >= 4 is 21.7 Å². The second-order valence-electron chi connectivity index (χ2n) is 6.30. The number of amides is 1. The molecule has 0 aromatic heterocycles. The highest BCUT2D eigenvalue weighted by Gasteiger charge is 2.32. The first-order valence-corrected chi connectivity index (χ1v) is 9.91. The second-order valence-corrected chi connectivity index (χ2v) is 8.29. The maximum atomic E-state index is 12.8. The molecule has 3 rings (SSSR count). The molecule has 1 fully saturated rings. The number of sulfone groups is 1. The van der Waals surface area contributed by atoms with Crippen molar-refractivity contribution in [3.63, 3.8) is 0 Å². The third-order valence-electron chi connectivity index (χ3n) is 4.52. The highest BCUT2D eigenvalue weighted by Crippen LogP contribution is 2.23. The van der Waals surface area contributed by atoms with E-state index in [-0.39, 0.29) is 23.1 Å². The predicted octanol–water partition coefficient (Wildman–Crippen LogP) is 2.21. The van der Waals surface area contributed by atoms with Crippen molar-refractivity contribution in [2.75, 3.05) is 13.1 Å². The van der Waals surface area contributed by atoms with Gasteiger partial charge in [0.2, 0.25) is 0 Å². The summed E-state index contributed by atoms with van der Waals surface area (Å²) >= 11 is 0. The predicted molar refractivity (Wildman–Crippen MR) is 95.4 cm³/mol. The molecule has 0 aliphatic carbocycles. The van der Waals surface area contributed by atoms with Gasteiger partial charge in [0.25, 0.3) is 5.91 Å². The fourth-order valence-electron chi connectivity index (χ4n) is 3.09. The van der Waals surface area contributed by atoms with E-state index in [0.717, 1.165) is 0 Å². The molecule has 136 valence electrons. The van der Waals surface area contributed by atoms with Crippen LogP contribution in [-0.4, -0.2) is 43.4 Å². The van der Waals surface area contributed by atoms with E-state index in [0.29, 0.717) is 24.1 Å². The lowest BCUT2D eigenvalue weighted by molar-refractivity contribution is -0.141. The van der Waals surface area contributed by atoms with Crippen LogP contribution in [0.3, 0.4) is 0 Å². The van der Waals surface area contributed by atoms with E-state index < -0.39 is 21.7 Å². The number of aliphatic carboxylic acids is 1. The maximum Gasteiger partial charge on any atom is 0.308 e. The van der Waals surface area contributed by atoms with Crippen LogP contribution >= 0.6 is 0 Å². The van der Waals surface area contributed by atoms with Gasteiger partial charge < -0.3 is 10.0 Å². The van der Waals surface area contributed by atoms with E-state index in [1.807, 2.05) is 0 Å². The van der Waals surface area contributed by atoms with Crippen molar-refractivity contribution in [2.45, 2.75) is 17.1 Å². The van der Waals surface area contributed by atoms with Gasteiger partial charge in [0, 0.05) is 18.7 Å². The Balaban J connectivity index is 1.85. The summed E-state index contributed by atoms with van der Waals surface area (Å²) < 4.78 is 25.3. The minimum absolute atomic E-state index is 0.147. The zero-order valence-corrected chi connectivity index (χ0v) is 14.9. The SMILES string of the molecule is O=C(O)C1CCN(C(=O)c2ccccc2CS(=O)(=O)c2ccccc2)C1. The Kier molecular flexibility index (Phi) is 5.08.